The van der Waals surface area contributed by atoms with Crippen molar-refractivity contribution < 1.29 is 4.42 Å². The number of fused-ring (bicyclic) bond motifs is 9. The number of hydrogen-bond acceptors (Lipinski definition) is 2. The van der Waals surface area contributed by atoms with Gasteiger partial charge in [0, 0.05) is 33.2 Å². The maximum absolute atomic E-state index is 6.32. The summed E-state index contributed by atoms with van der Waals surface area (Å²) in [5, 5.41) is 7.26. The van der Waals surface area contributed by atoms with Crippen molar-refractivity contribution in [3.63, 3.8) is 0 Å². The van der Waals surface area contributed by atoms with Crippen molar-refractivity contribution in [1.82, 2.24) is 0 Å². The molecule has 11 rings (SSSR count). The van der Waals surface area contributed by atoms with Gasteiger partial charge in [-0.15, -0.1) is 0 Å². The zero-order valence-electron chi connectivity index (χ0n) is 30.8. The second kappa shape index (κ2) is 12.1. The molecule has 0 saturated heterocycles. The van der Waals surface area contributed by atoms with Gasteiger partial charge in [0.15, 0.2) is 0 Å². The first-order valence-electron chi connectivity index (χ1n) is 19.1. The van der Waals surface area contributed by atoms with Crippen molar-refractivity contribution in [2.75, 3.05) is 4.90 Å². The minimum Gasteiger partial charge on any atom is -0.456 e. The Hall–Kier alpha value is -6.90. The van der Waals surface area contributed by atoms with Crippen LogP contribution in [0.25, 0.3) is 76.9 Å². The molecule has 1 aliphatic rings. The molecule has 1 aliphatic carbocycles. The molecule has 0 N–H and O–H groups in total. The maximum atomic E-state index is 6.32. The van der Waals surface area contributed by atoms with E-state index in [1.54, 1.807) is 0 Å². The van der Waals surface area contributed by atoms with Crippen LogP contribution in [0.2, 0.25) is 0 Å². The van der Waals surface area contributed by atoms with E-state index in [9.17, 15) is 0 Å². The number of anilines is 3. The third kappa shape index (κ3) is 5.02. The van der Waals surface area contributed by atoms with Gasteiger partial charge in [-0.3, -0.25) is 0 Å². The lowest BCUT2D eigenvalue weighted by molar-refractivity contribution is 0.660. The van der Waals surface area contributed by atoms with E-state index in [0.717, 1.165) is 44.7 Å². The normalized spacial score (nSPS) is 13.1. The molecule has 0 saturated carbocycles. The monoisotopic (exact) mass is 703 g/mol. The van der Waals surface area contributed by atoms with Crippen LogP contribution in [0.4, 0.5) is 17.1 Å². The SMILES string of the molecule is CC1(C)c2ccccc2-c2ccc(N(c3ccc(-c4ccc5ccccc5c4)cc3)c3ccc(-c4ccc5oc6ccc7ccccc7c6c5c4)cc3)cc21. The molecule has 1 heterocycles. The van der Waals surface area contributed by atoms with E-state index in [0.29, 0.717) is 0 Å². The average molecular weight is 704 g/mol. The summed E-state index contributed by atoms with van der Waals surface area (Å²) in [6.45, 7) is 4.70. The van der Waals surface area contributed by atoms with Crippen molar-refractivity contribution >= 4 is 60.5 Å². The third-order valence-electron chi connectivity index (χ3n) is 11.9. The van der Waals surface area contributed by atoms with Gasteiger partial charge >= 0.3 is 0 Å². The summed E-state index contributed by atoms with van der Waals surface area (Å²) in [6, 6.07) is 68.5. The highest BCUT2D eigenvalue weighted by Crippen LogP contribution is 2.51. The summed E-state index contributed by atoms with van der Waals surface area (Å²) in [5.41, 5.74) is 15.2. The van der Waals surface area contributed by atoms with E-state index in [1.165, 1.54) is 60.3 Å². The molecule has 0 radical (unpaired) electrons. The predicted molar refractivity (Wildman–Crippen MR) is 232 cm³/mol. The first-order valence-corrected chi connectivity index (χ1v) is 19.1. The summed E-state index contributed by atoms with van der Waals surface area (Å²) >= 11 is 0. The fourth-order valence-electron chi connectivity index (χ4n) is 8.98. The van der Waals surface area contributed by atoms with Crippen molar-refractivity contribution in [2.24, 2.45) is 0 Å². The molecule has 2 nitrogen and oxygen atoms in total. The molecular weight excluding hydrogens is 667 g/mol. The summed E-state index contributed by atoms with van der Waals surface area (Å²) in [5.74, 6) is 0. The number of benzene rings is 9. The average Bonchev–Trinajstić information content (AvgIpc) is 3.73. The molecule has 9 aromatic carbocycles. The van der Waals surface area contributed by atoms with Gasteiger partial charge in [0.2, 0.25) is 0 Å². The molecule has 1 aromatic heterocycles. The van der Waals surface area contributed by atoms with Gasteiger partial charge in [-0.25, -0.2) is 0 Å². The highest BCUT2D eigenvalue weighted by molar-refractivity contribution is 6.19. The number of furan rings is 1. The van der Waals surface area contributed by atoms with Crippen LogP contribution >= 0.6 is 0 Å². The van der Waals surface area contributed by atoms with Crippen molar-refractivity contribution in [3.05, 3.63) is 199 Å². The van der Waals surface area contributed by atoms with Gasteiger partial charge in [0.1, 0.15) is 11.2 Å². The Morgan fingerprint density at radius 1 is 0.382 bits per heavy atom. The number of rotatable bonds is 5. The fraction of sp³-hybridized carbons (Fsp3) is 0.0566. The molecule has 2 heteroatoms. The summed E-state index contributed by atoms with van der Waals surface area (Å²) in [6.07, 6.45) is 0. The Balaban J connectivity index is 1.01. The molecule has 10 aromatic rings. The van der Waals surface area contributed by atoms with Crippen LogP contribution < -0.4 is 4.90 Å². The predicted octanol–water partition coefficient (Wildman–Crippen LogP) is 15.0. The van der Waals surface area contributed by atoms with Crippen molar-refractivity contribution in [3.8, 4) is 33.4 Å². The molecule has 260 valence electrons. The molecule has 0 bridgehead atoms. The Morgan fingerprint density at radius 3 is 1.73 bits per heavy atom. The minimum atomic E-state index is -0.0986. The van der Waals surface area contributed by atoms with Crippen LogP contribution in [0.15, 0.2) is 192 Å². The molecule has 0 spiro atoms. The molecule has 0 fully saturated rings. The lowest BCUT2D eigenvalue weighted by Gasteiger charge is -2.28. The Kier molecular flexibility index (Phi) is 6.93. The van der Waals surface area contributed by atoms with Gasteiger partial charge in [0.25, 0.3) is 0 Å². The smallest absolute Gasteiger partial charge is 0.136 e. The van der Waals surface area contributed by atoms with Gasteiger partial charge < -0.3 is 9.32 Å². The van der Waals surface area contributed by atoms with Crippen LogP contribution in [-0.2, 0) is 5.41 Å². The highest BCUT2D eigenvalue weighted by atomic mass is 16.3. The van der Waals surface area contributed by atoms with E-state index in [2.05, 4.69) is 207 Å². The molecule has 0 unspecified atom stereocenters. The van der Waals surface area contributed by atoms with E-state index in [1.807, 2.05) is 0 Å². The lowest BCUT2D eigenvalue weighted by Crippen LogP contribution is -2.16. The van der Waals surface area contributed by atoms with E-state index in [-0.39, 0.29) is 5.41 Å². The van der Waals surface area contributed by atoms with Crippen molar-refractivity contribution in [2.45, 2.75) is 19.3 Å². The van der Waals surface area contributed by atoms with E-state index < -0.39 is 0 Å². The molecule has 0 aliphatic heterocycles. The van der Waals surface area contributed by atoms with Crippen LogP contribution in [0, 0.1) is 0 Å². The van der Waals surface area contributed by atoms with E-state index >= 15 is 0 Å². The number of hydrogen-bond donors (Lipinski definition) is 0. The first kappa shape index (κ1) is 31.6. The lowest BCUT2D eigenvalue weighted by atomic mass is 9.82. The van der Waals surface area contributed by atoms with Crippen LogP contribution in [0.5, 0.6) is 0 Å². The molecule has 0 atom stereocenters. The zero-order valence-corrected chi connectivity index (χ0v) is 30.8. The van der Waals surface area contributed by atoms with Crippen LogP contribution in [0.3, 0.4) is 0 Å². The first-order chi connectivity index (χ1) is 27.0. The topological polar surface area (TPSA) is 16.4 Å². The Bertz CT molecular complexity index is 3110. The minimum absolute atomic E-state index is 0.0986. The summed E-state index contributed by atoms with van der Waals surface area (Å²) in [7, 11) is 0. The van der Waals surface area contributed by atoms with Crippen LogP contribution in [-0.4, -0.2) is 0 Å². The van der Waals surface area contributed by atoms with Gasteiger partial charge in [-0.2, -0.15) is 0 Å². The van der Waals surface area contributed by atoms with E-state index in [4.69, 9.17) is 4.42 Å². The fourth-order valence-corrected chi connectivity index (χ4v) is 8.98. The largest absolute Gasteiger partial charge is 0.456 e. The zero-order chi connectivity index (χ0) is 36.7. The number of nitrogens with zero attached hydrogens (tertiary/aromatic N) is 1. The van der Waals surface area contributed by atoms with Crippen LogP contribution in [0.1, 0.15) is 25.0 Å². The van der Waals surface area contributed by atoms with Gasteiger partial charge in [-0.1, -0.05) is 141 Å². The summed E-state index contributed by atoms with van der Waals surface area (Å²) in [4.78, 5) is 2.40. The van der Waals surface area contributed by atoms with Gasteiger partial charge in [0.05, 0.1) is 0 Å². The maximum Gasteiger partial charge on any atom is 0.136 e. The summed E-state index contributed by atoms with van der Waals surface area (Å²) < 4.78 is 6.32. The second-order valence-corrected chi connectivity index (χ2v) is 15.4. The third-order valence-corrected chi connectivity index (χ3v) is 11.9. The molecular formula is C53H37NO. The van der Waals surface area contributed by atoms with Crippen molar-refractivity contribution in [1.29, 1.82) is 0 Å². The Morgan fingerprint density at radius 2 is 0.945 bits per heavy atom. The molecule has 0 amide bonds. The van der Waals surface area contributed by atoms with Gasteiger partial charge in [-0.05, 0) is 127 Å². The second-order valence-electron chi connectivity index (χ2n) is 15.4. The Labute approximate surface area is 320 Å². The highest BCUT2D eigenvalue weighted by Gasteiger charge is 2.35. The standard InChI is InChI=1S/C53H37NO/c1-53(2)48-14-8-7-13-45(48)46-28-27-43(33-49(46)53)54(41-23-17-35(18-24-41)39-16-15-34-9-3-4-11-38(34)31-39)42-25-19-36(20-26-42)40-22-29-50-47(32-40)52-44-12-6-5-10-37(44)21-30-51(52)55-50/h3-33H,1-2H3. The molecule has 55 heavy (non-hydrogen) atoms. The quantitative estimate of drug-likeness (QED) is 0.177.